The average Bonchev–Trinajstić information content (AvgIpc) is 2.23. The zero-order chi connectivity index (χ0) is 12.6. The van der Waals surface area contributed by atoms with Crippen molar-refractivity contribution in [2.45, 2.75) is 12.8 Å². The minimum absolute atomic E-state index is 0. The zero-order valence-corrected chi connectivity index (χ0v) is 12.5. The van der Waals surface area contributed by atoms with Crippen LogP contribution in [0, 0.1) is 17.7 Å². The second-order valence-corrected chi connectivity index (χ2v) is 3.76. The quantitative estimate of drug-likeness (QED) is 0.802. The first-order valence-corrected chi connectivity index (χ1v) is 5.06. The van der Waals surface area contributed by atoms with Crippen molar-refractivity contribution >= 4 is 11.6 Å². The van der Waals surface area contributed by atoms with Crippen molar-refractivity contribution in [3.63, 3.8) is 0 Å². The third-order valence-corrected chi connectivity index (χ3v) is 2.60. The Hall–Kier alpha value is -0.806. The number of benzene rings is 1. The third-order valence-electron chi connectivity index (χ3n) is 2.60. The number of aromatic hydroxyl groups is 1. The van der Waals surface area contributed by atoms with Crippen LogP contribution in [0.15, 0.2) is 12.1 Å². The van der Waals surface area contributed by atoms with Gasteiger partial charge >= 0.3 is 0 Å². The summed E-state index contributed by atoms with van der Waals surface area (Å²) in [5.74, 6) is -2.53. The maximum absolute atomic E-state index is 13.6. The molecule has 0 saturated heterocycles. The summed E-state index contributed by atoms with van der Waals surface area (Å²) in [6.45, 7) is 0. The largest absolute Gasteiger partial charge is 0.508 e. The zero-order valence-electron chi connectivity index (χ0n) is 9.70. The molecule has 0 unspecified atom stereocenters. The Morgan fingerprint density at radius 1 is 1.33 bits per heavy atom. The molecule has 1 aliphatic heterocycles. The summed E-state index contributed by atoms with van der Waals surface area (Å²) >= 11 is 0. The number of phenolic OH excluding ortho intramolecular Hbond substituents is 1. The van der Waals surface area contributed by atoms with Gasteiger partial charge in [0.25, 0.3) is 0 Å². The maximum Gasteiger partial charge on any atom is 0.222 e. The van der Waals surface area contributed by atoms with E-state index in [0.29, 0.717) is 6.42 Å². The third kappa shape index (κ3) is 2.78. The van der Waals surface area contributed by atoms with E-state index in [0.717, 1.165) is 12.1 Å². The van der Waals surface area contributed by atoms with Crippen molar-refractivity contribution in [1.29, 1.82) is 0 Å². The molecule has 1 aliphatic rings. The molecular formula is C12H10F2NO2Y-. The number of hydrogen-bond acceptors (Lipinski definition) is 2. The van der Waals surface area contributed by atoms with Gasteiger partial charge in [-0.2, -0.15) is 0 Å². The number of carbonyl (C=O) groups is 1. The molecule has 18 heavy (non-hydrogen) atoms. The first kappa shape index (κ1) is 15.3. The number of hydrogen-bond donors (Lipinski definition) is 1. The minimum Gasteiger partial charge on any atom is -0.508 e. The van der Waals surface area contributed by atoms with Gasteiger partial charge in [0.05, 0.1) is 11.6 Å². The molecule has 0 spiro atoms. The summed E-state index contributed by atoms with van der Waals surface area (Å²) < 4.78 is 27.2. The van der Waals surface area contributed by atoms with Crippen LogP contribution in [-0.4, -0.2) is 23.0 Å². The Labute approximate surface area is 128 Å². The molecule has 1 aromatic rings. The van der Waals surface area contributed by atoms with Gasteiger partial charge in [0.15, 0.2) is 0 Å². The van der Waals surface area contributed by atoms with Crippen molar-refractivity contribution in [2.24, 2.45) is 0 Å². The fraction of sp³-hybridized carbons (Fsp3) is 0.250. The van der Waals surface area contributed by atoms with Gasteiger partial charge in [0, 0.05) is 46.2 Å². The number of allylic oxidation sites excluding steroid dienone is 1. The molecule has 0 saturated carbocycles. The van der Waals surface area contributed by atoms with E-state index in [1.54, 1.807) is 0 Å². The first-order chi connectivity index (χ1) is 8.00. The van der Waals surface area contributed by atoms with Crippen LogP contribution in [0.25, 0.3) is 5.70 Å². The van der Waals surface area contributed by atoms with E-state index in [4.69, 9.17) is 5.11 Å². The van der Waals surface area contributed by atoms with Crippen molar-refractivity contribution in [3.05, 3.63) is 35.4 Å². The Morgan fingerprint density at radius 2 is 1.89 bits per heavy atom. The number of carbonyl (C=O) groups excluding carboxylic acids is 1. The summed E-state index contributed by atoms with van der Waals surface area (Å²) in [4.78, 5) is 12.6. The van der Waals surface area contributed by atoms with Gasteiger partial charge < -0.3 is 10.0 Å². The summed E-state index contributed by atoms with van der Waals surface area (Å²) in [6, 6.07) is 1.61. The SMILES string of the molecule is CN1C(=O)CC[C-]=C1c1c(F)cc(O)cc1F.[Y]. The summed E-state index contributed by atoms with van der Waals surface area (Å²) in [7, 11) is 1.44. The summed E-state index contributed by atoms with van der Waals surface area (Å²) in [5.41, 5.74) is -0.255. The van der Waals surface area contributed by atoms with Gasteiger partial charge in [-0.3, -0.25) is 4.79 Å². The molecule has 1 N–H and O–H groups in total. The molecule has 0 aliphatic carbocycles. The Kier molecular flexibility index (Phi) is 4.99. The van der Waals surface area contributed by atoms with Crippen LogP contribution < -0.4 is 0 Å². The topological polar surface area (TPSA) is 40.5 Å². The van der Waals surface area contributed by atoms with Gasteiger partial charge in [-0.05, 0) is 12.1 Å². The van der Waals surface area contributed by atoms with Gasteiger partial charge in [-0.1, -0.05) is 5.56 Å². The van der Waals surface area contributed by atoms with Crippen LogP contribution in [-0.2, 0) is 37.5 Å². The molecule has 93 valence electrons. The van der Waals surface area contributed by atoms with Crippen LogP contribution in [0.3, 0.4) is 0 Å². The number of rotatable bonds is 1. The van der Waals surface area contributed by atoms with Crippen molar-refractivity contribution in [1.82, 2.24) is 4.90 Å². The fourth-order valence-electron chi connectivity index (χ4n) is 1.74. The number of amides is 1. The van der Waals surface area contributed by atoms with Crippen molar-refractivity contribution < 1.29 is 51.4 Å². The van der Waals surface area contributed by atoms with Crippen molar-refractivity contribution in [3.8, 4) is 5.75 Å². The molecular weight excluding hydrogens is 317 g/mol. The van der Waals surface area contributed by atoms with E-state index < -0.39 is 17.4 Å². The van der Waals surface area contributed by atoms with E-state index in [9.17, 15) is 13.6 Å². The second-order valence-electron chi connectivity index (χ2n) is 3.76. The van der Waals surface area contributed by atoms with E-state index in [2.05, 4.69) is 6.08 Å². The summed E-state index contributed by atoms with van der Waals surface area (Å²) in [6.07, 6.45) is 3.39. The number of halogens is 2. The Balaban J connectivity index is 0.00000162. The van der Waals surface area contributed by atoms with E-state index in [-0.39, 0.29) is 56.3 Å². The van der Waals surface area contributed by atoms with Gasteiger partial charge in [0.2, 0.25) is 5.91 Å². The maximum atomic E-state index is 13.6. The molecule has 2 rings (SSSR count). The molecule has 0 atom stereocenters. The molecule has 3 nitrogen and oxygen atoms in total. The molecule has 1 amide bonds. The predicted octanol–water partition coefficient (Wildman–Crippen LogP) is 2.06. The molecule has 1 aromatic carbocycles. The van der Waals surface area contributed by atoms with E-state index in [1.807, 2.05) is 0 Å². The van der Waals surface area contributed by atoms with Crippen LogP contribution in [0.4, 0.5) is 8.78 Å². The van der Waals surface area contributed by atoms with Crippen LogP contribution in [0.2, 0.25) is 0 Å². The average molecular weight is 327 g/mol. The molecule has 1 radical (unpaired) electrons. The van der Waals surface area contributed by atoms with Crippen LogP contribution in [0.1, 0.15) is 18.4 Å². The molecule has 0 aromatic heterocycles. The van der Waals surface area contributed by atoms with Gasteiger partial charge in [-0.25, -0.2) is 14.9 Å². The summed E-state index contributed by atoms with van der Waals surface area (Å²) in [5, 5.41) is 9.04. The molecule has 6 heteroatoms. The molecule has 0 bridgehead atoms. The number of nitrogens with zero attached hydrogens (tertiary/aromatic N) is 1. The smallest absolute Gasteiger partial charge is 0.222 e. The van der Waals surface area contributed by atoms with E-state index in [1.165, 1.54) is 11.9 Å². The van der Waals surface area contributed by atoms with Crippen LogP contribution in [0.5, 0.6) is 5.75 Å². The Morgan fingerprint density at radius 3 is 2.44 bits per heavy atom. The van der Waals surface area contributed by atoms with Gasteiger partial charge in [-0.15, -0.1) is 12.1 Å². The fourth-order valence-corrected chi connectivity index (χ4v) is 1.74. The van der Waals surface area contributed by atoms with Gasteiger partial charge in [0.1, 0.15) is 5.75 Å². The first-order valence-electron chi connectivity index (χ1n) is 5.06. The molecule has 1 heterocycles. The second kappa shape index (κ2) is 5.89. The van der Waals surface area contributed by atoms with Crippen molar-refractivity contribution in [2.75, 3.05) is 7.05 Å². The predicted molar refractivity (Wildman–Crippen MR) is 56.7 cm³/mol. The standard InChI is InChI=1S/C12H10F2NO2.Y/c1-15-10(3-2-4-11(15)17)12-8(13)5-7(16)6-9(12)14;/h5-6,16H,2,4H2,1H3;/q-1;. The number of phenols is 1. The van der Waals surface area contributed by atoms with E-state index >= 15 is 0 Å². The monoisotopic (exact) mass is 327 g/mol. The minimum atomic E-state index is -0.911. The Bertz CT molecular complexity index is 494. The van der Waals surface area contributed by atoms with Crippen LogP contribution >= 0.6 is 0 Å². The molecule has 0 fully saturated rings. The normalized spacial score (nSPS) is 15.2.